The van der Waals surface area contributed by atoms with Crippen molar-refractivity contribution in [2.75, 3.05) is 0 Å². The van der Waals surface area contributed by atoms with Gasteiger partial charge in [0.2, 0.25) is 0 Å². The van der Waals surface area contributed by atoms with E-state index >= 15 is 0 Å². The maximum atomic E-state index is 11.6. The van der Waals surface area contributed by atoms with Crippen LogP contribution in [-0.2, 0) is 0 Å². The molecule has 3 aliphatic carbocycles. The minimum Gasteiger partial charge on any atom is -0.389 e. The third kappa shape index (κ3) is 1.63. The van der Waals surface area contributed by atoms with Crippen molar-refractivity contribution in [2.45, 2.75) is 84.7 Å². The number of hydrogen-bond acceptors (Lipinski definition) is 1. The molecule has 0 heterocycles. The van der Waals surface area contributed by atoms with E-state index in [9.17, 15) is 5.11 Å². The summed E-state index contributed by atoms with van der Waals surface area (Å²) in [6.07, 6.45) is 10.1. The first kappa shape index (κ1) is 13.9. The van der Waals surface area contributed by atoms with Crippen molar-refractivity contribution in [3.63, 3.8) is 0 Å². The molecule has 2 bridgehead atoms. The number of hydrogen-bond donors (Lipinski definition) is 1. The van der Waals surface area contributed by atoms with Crippen LogP contribution in [0.25, 0.3) is 0 Å². The van der Waals surface area contributed by atoms with E-state index in [1.807, 2.05) is 0 Å². The molecule has 1 N–H and O–H groups in total. The minimum atomic E-state index is -0.353. The van der Waals surface area contributed by atoms with Crippen LogP contribution in [0, 0.1) is 28.6 Å². The normalized spacial score (nSPS) is 52.6. The highest BCUT2D eigenvalue weighted by atomic mass is 16.3. The Morgan fingerprint density at radius 3 is 2.32 bits per heavy atom. The average Bonchev–Trinajstić information content (AvgIpc) is 2.71. The van der Waals surface area contributed by atoms with Gasteiger partial charge in [0.1, 0.15) is 0 Å². The Bertz CT molecular complexity index is 361. The quantitative estimate of drug-likeness (QED) is 0.761. The van der Waals surface area contributed by atoms with Crippen LogP contribution in [0.3, 0.4) is 0 Å². The fourth-order valence-electron chi connectivity index (χ4n) is 6.23. The standard InChI is InChI=1S/C18H32O/c1-5-13-8-6-7-10-18(13,19)15-12-14-9-11-17(15,4)16(14,2)3/h13-15,19H,5-12H2,1-4H3/t13?,14-,15-,17+,18?/m1/s1. The molecule has 3 aliphatic rings. The molecule has 0 spiro atoms. The summed E-state index contributed by atoms with van der Waals surface area (Å²) in [5.74, 6) is 1.96. The minimum absolute atomic E-state index is 0.353. The molecule has 3 fully saturated rings. The maximum Gasteiger partial charge on any atom is 0.0709 e. The summed E-state index contributed by atoms with van der Waals surface area (Å²) in [5, 5.41) is 11.6. The van der Waals surface area contributed by atoms with E-state index in [1.54, 1.807) is 0 Å². The van der Waals surface area contributed by atoms with E-state index in [-0.39, 0.29) is 5.60 Å². The number of rotatable bonds is 2. The molecule has 0 radical (unpaired) electrons. The lowest BCUT2D eigenvalue weighted by Gasteiger charge is -2.52. The lowest BCUT2D eigenvalue weighted by Crippen LogP contribution is -2.53. The lowest BCUT2D eigenvalue weighted by atomic mass is 9.56. The van der Waals surface area contributed by atoms with Crippen LogP contribution >= 0.6 is 0 Å². The lowest BCUT2D eigenvalue weighted by molar-refractivity contribution is -0.138. The first-order chi connectivity index (χ1) is 8.86. The second kappa shape index (κ2) is 4.23. The number of aliphatic hydroxyl groups is 1. The Morgan fingerprint density at radius 1 is 1.05 bits per heavy atom. The van der Waals surface area contributed by atoms with Gasteiger partial charge in [-0.2, -0.15) is 0 Å². The molecule has 3 saturated carbocycles. The first-order valence-corrected chi connectivity index (χ1v) is 8.58. The summed E-state index contributed by atoms with van der Waals surface area (Å²) in [7, 11) is 0. The summed E-state index contributed by atoms with van der Waals surface area (Å²) >= 11 is 0. The Kier molecular flexibility index (Phi) is 3.10. The highest BCUT2D eigenvalue weighted by Gasteiger charge is 2.66. The number of fused-ring (bicyclic) bond motifs is 2. The van der Waals surface area contributed by atoms with E-state index in [0.717, 1.165) is 18.8 Å². The Hall–Kier alpha value is -0.0400. The van der Waals surface area contributed by atoms with Gasteiger partial charge in [-0.05, 0) is 60.7 Å². The third-order valence-corrected chi connectivity index (χ3v) is 7.98. The Balaban J connectivity index is 1.94. The fourth-order valence-corrected chi connectivity index (χ4v) is 6.23. The van der Waals surface area contributed by atoms with Gasteiger partial charge in [0.25, 0.3) is 0 Å². The molecule has 3 rings (SSSR count). The van der Waals surface area contributed by atoms with Crippen LogP contribution < -0.4 is 0 Å². The highest BCUT2D eigenvalue weighted by Crippen LogP contribution is 2.71. The Labute approximate surface area is 119 Å². The Morgan fingerprint density at radius 2 is 1.79 bits per heavy atom. The molecular formula is C18H32O. The molecule has 19 heavy (non-hydrogen) atoms. The fraction of sp³-hybridized carbons (Fsp3) is 1.00. The van der Waals surface area contributed by atoms with Gasteiger partial charge in [-0.1, -0.05) is 47.0 Å². The van der Waals surface area contributed by atoms with Crippen LogP contribution in [0.5, 0.6) is 0 Å². The topological polar surface area (TPSA) is 20.2 Å². The van der Waals surface area contributed by atoms with Crippen LogP contribution in [0.15, 0.2) is 0 Å². The van der Waals surface area contributed by atoms with Crippen molar-refractivity contribution < 1.29 is 5.11 Å². The van der Waals surface area contributed by atoms with Crippen molar-refractivity contribution in [3.8, 4) is 0 Å². The summed E-state index contributed by atoms with van der Waals surface area (Å²) < 4.78 is 0. The van der Waals surface area contributed by atoms with Gasteiger partial charge in [-0.3, -0.25) is 0 Å². The van der Waals surface area contributed by atoms with Gasteiger partial charge >= 0.3 is 0 Å². The van der Waals surface area contributed by atoms with Crippen LogP contribution in [0.4, 0.5) is 0 Å². The van der Waals surface area contributed by atoms with E-state index < -0.39 is 0 Å². The molecule has 1 heteroatoms. The maximum absolute atomic E-state index is 11.6. The third-order valence-electron chi connectivity index (χ3n) is 7.98. The van der Waals surface area contributed by atoms with Gasteiger partial charge in [0.15, 0.2) is 0 Å². The van der Waals surface area contributed by atoms with Crippen LogP contribution in [0.2, 0.25) is 0 Å². The second-order valence-electron chi connectivity index (χ2n) is 8.51. The second-order valence-corrected chi connectivity index (χ2v) is 8.51. The van der Waals surface area contributed by atoms with E-state index in [1.165, 1.54) is 38.5 Å². The SMILES string of the molecule is CCC1CCCCC1(O)[C@@H]1C[C@H]2CC[C@]1(C)C2(C)C. The highest BCUT2D eigenvalue weighted by molar-refractivity contribution is 5.15. The molecular weight excluding hydrogens is 232 g/mol. The predicted molar refractivity (Wildman–Crippen MR) is 79.9 cm³/mol. The summed E-state index contributed by atoms with van der Waals surface area (Å²) in [4.78, 5) is 0. The van der Waals surface area contributed by atoms with Gasteiger partial charge in [0, 0.05) is 0 Å². The zero-order valence-corrected chi connectivity index (χ0v) is 13.3. The van der Waals surface area contributed by atoms with Crippen molar-refractivity contribution in [2.24, 2.45) is 28.6 Å². The van der Waals surface area contributed by atoms with Gasteiger partial charge in [-0.25, -0.2) is 0 Å². The smallest absolute Gasteiger partial charge is 0.0709 e. The molecule has 0 aliphatic heterocycles. The van der Waals surface area contributed by atoms with E-state index in [2.05, 4.69) is 27.7 Å². The summed E-state index contributed by atoms with van der Waals surface area (Å²) in [5.41, 5.74) is 0.453. The molecule has 1 nitrogen and oxygen atoms in total. The zero-order chi connectivity index (χ0) is 13.9. The van der Waals surface area contributed by atoms with Crippen molar-refractivity contribution >= 4 is 0 Å². The van der Waals surface area contributed by atoms with Gasteiger partial charge in [-0.15, -0.1) is 0 Å². The first-order valence-electron chi connectivity index (χ1n) is 8.58. The van der Waals surface area contributed by atoms with Crippen molar-refractivity contribution in [1.82, 2.24) is 0 Å². The molecule has 5 atom stereocenters. The molecule has 110 valence electrons. The average molecular weight is 264 g/mol. The largest absolute Gasteiger partial charge is 0.389 e. The van der Waals surface area contributed by atoms with Crippen LogP contribution in [-0.4, -0.2) is 10.7 Å². The summed E-state index contributed by atoms with van der Waals surface area (Å²) in [6.45, 7) is 9.71. The predicted octanol–water partition coefficient (Wildman–Crippen LogP) is 4.78. The van der Waals surface area contributed by atoms with Crippen molar-refractivity contribution in [1.29, 1.82) is 0 Å². The van der Waals surface area contributed by atoms with Crippen LogP contribution in [0.1, 0.15) is 79.1 Å². The van der Waals surface area contributed by atoms with Gasteiger partial charge in [0.05, 0.1) is 5.60 Å². The molecule has 0 amide bonds. The van der Waals surface area contributed by atoms with Crippen molar-refractivity contribution in [3.05, 3.63) is 0 Å². The molecule has 0 aromatic heterocycles. The van der Waals surface area contributed by atoms with E-state index in [0.29, 0.717) is 22.7 Å². The molecule has 0 aromatic rings. The monoisotopic (exact) mass is 264 g/mol. The molecule has 0 saturated heterocycles. The molecule has 2 unspecified atom stereocenters. The zero-order valence-electron chi connectivity index (χ0n) is 13.3. The summed E-state index contributed by atoms with van der Waals surface area (Å²) in [6, 6.07) is 0. The van der Waals surface area contributed by atoms with E-state index in [4.69, 9.17) is 0 Å². The van der Waals surface area contributed by atoms with Gasteiger partial charge < -0.3 is 5.11 Å². The molecule has 0 aromatic carbocycles.